The first-order valence-corrected chi connectivity index (χ1v) is 6.81. The van der Waals surface area contributed by atoms with E-state index in [-0.39, 0.29) is 0 Å². The van der Waals surface area contributed by atoms with Crippen molar-refractivity contribution in [3.8, 4) is 5.88 Å². The second-order valence-corrected chi connectivity index (χ2v) is 5.35. The fraction of sp³-hybridized carbons (Fsp3) is 0.714. The first kappa shape index (κ1) is 13.1. The highest BCUT2D eigenvalue weighted by molar-refractivity contribution is 5.48. The zero-order valence-corrected chi connectivity index (χ0v) is 11.8. The maximum absolute atomic E-state index is 5.83. The first-order valence-electron chi connectivity index (χ1n) is 6.81. The Morgan fingerprint density at radius 3 is 2.61 bits per heavy atom. The molecular weight excluding hydrogens is 226 g/mol. The molecule has 1 heterocycles. The van der Waals surface area contributed by atoms with Crippen LogP contribution in [0.3, 0.4) is 0 Å². The molecule has 0 unspecified atom stereocenters. The van der Waals surface area contributed by atoms with Crippen molar-refractivity contribution in [2.24, 2.45) is 5.92 Å². The second-order valence-electron chi connectivity index (χ2n) is 5.35. The SMILES string of the molecule is CNc1nc(C(C)C)nc(OCCC2CC2)c1C. The van der Waals surface area contributed by atoms with E-state index in [4.69, 9.17) is 4.74 Å². The Balaban J connectivity index is 2.11. The van der Waals surface area contributed by atoms with Gasteiger partial charge in [-0.1, -0.05) is 26.7 Å². The Hall–Kier alpha value is -1.32. The van der Waals surface area contributed by atoms with Gasteiger partial charge in [0.2, 0.25) is 5.88 Å². The van der Waals surface area contributed by atoms with Gasteiger partial charge in [-0.25, -0.2) is 4.98 Å². The standard InChI is InChI=1S/C14H23N3O/c1-9(2)12-16-13(15-4)10(3)14(17-12)18-8-7-11-5-6-11/h9,11H,5-8H2,1-4H3,(H,15,16,17). The van der Waals surface area contributed by atoms with Crippen LogP contribution in [0.15, 0.2) is 0 Å². The van der Waals surface area contributed by atoms with Gasteiger partial charge in [0.25, 0.3) is 0 Å². The fourth-order valence-electron chi connectivity index (χ4n) is 1.88. The van der Waals surface area contributed by atoms with E-state index in [1.165, 1.54) is 12.8 Å². The van der Waals surface area contributed by atoms with Crippen LogP contribution in [-0.2, 0) is 0 Å². The van der Waals surface area contributed by atoms with Crippen molar-refractivity contribution in [1.82, 2.24) is 9.97 Å². The lowest BCUT2D eigenvalue weighted by Gasteiger charge is -2.14. The maximum atomic E-state index is 5.83. The summed E-state index contributed by atoms with van der Waals surface area (Å²) in [6.45, 7) is 6.96. The van der Waals surface area contributed by atoms with E-state index in [1.54, 1.807) is 0 Å². The summed E-state index contributed by atoms with van der Waals surface area (Å²) in [5, 5.41) is 3.11. The van der Waals surface area contributed by atoms with Crippen molar-refractivity contribution in [3.05, 3.63) is 11.4 Å². The van der Waals surface area contributed by atoms with Crippen LogP contribution in [-0.4, -0.2) is 23.6 Å². The van der Waals surface area contributed by atoms with Gasteiger partial charge in [0.15, 0.2) is 0 Å². The maximum Gasteiger partial charge on any atom is 0.221 e. The van der Waals surface area contributed by atoms with Crippen molar-refractivity contribution in [1.29, 1.82) is 0 Å². The lowest BCUT2D eigenvalue weighted by molar-refractivity contribution is 0.287. The number of hydrogen-bond donors (Lipinski definition) is 1. The molecule has 1 fully saturated rings. The molecule has 1 N–H and O–H groups in total. The van der Waals surface area contributed by atoms with Gasteiger partial charge in [-0.15, -0.1) is 0 Å². The van der Waals surface area contributed by atoms with Gasteiger partial charge in [-0.2, -0.15) is 4.98 Å². The normalized spacial score (nSPS) is 14.9. The molecule has 100 valence electrons. The van der Waals surface area contributed by atoms with Crippen LogP contribution in [0.4, 0.5) is 5.82 Å². The largest absolute Gasteiger partial charge is 0.477 e. The number of aromatic nitrogens is 2. The summed E-state index contributed by atoms with van der Waals surface area (Å²) in [7, 11) is 1.88. The zero-order chi connectivity index (χ0) is 13.1. The average molecular weight is 249 g/mol. The van der Waals surface area contributed by atoms with E-state index in [1.807, 2.05) is 14.0 Å². The van der Waals surface area contributed by atoms with Gasteiger partial charge in [-0.3, -0.25) is 0 Å². The molecule has 0 aromatic carbocycles. The number of hydrogen-bond acceptors (Lipinski definition) is 4. The van der Waals surface area contributed by atoms with Crippen LogP contribution >= 0.6 is 0 Å². The highest BCUT2D eigenvalue weighted by atomic mass is 16.5. The van der Waals surface area contributed by atoms with E-state index >= 15 is 0 Å². The molecule has 1 aliphatic rings. The lowest BCUT2D eigenvalue weighted by atomic mass is 10.2. The molecule has 1 saturated carbocycles. The quantitative estimate of drug-likeness (QED) is 0.841. The van der Waals surface area contributed by atoms with Crippen LogP contribution in [0.5, 0.6) is 5.88 Å². The Labute approximate surface area is 109 Å². The van der Waals surface area contributed by atoms with E-state index < -0.39 is 0 Å². The van der Waals surface area contributed by atoms with Gasteiger partial charge in [0.05, 0.1) is 12.2 Å². The van der Waals surface area contributed by atoms with Crippen molar-refractivity contribution in [2.45, 2.75) is 46.0 Å². The summed E-state index contributed by atoms with van der Waals surface area (Å²) >= 11 is 0. The topological polar surface area (TPSA) is 47.0 Å². The van der Waals surface area contributed by atoms with Crippen molar-refractivity contribution in [3.63, 3.8) is 0 Å². The summed E-state index contributed by atoms with van der Waals surface area (Å²) in [6, 6.07) is 0. The highest BCUT2D eigenvalue weighted by Crippen LogP contribution is 2.32. The number of ether oxygens (including phenoxy) is 1. The van der Waals surface area contributed by atoms with Crippen LogP contribution in [0.25, 0.3) is 0 Å². The lowest BCUT2D eigenvalue weighted by Crippen LogP contribution is -2.09. The Kier molecular flexibility index (Phi) is 4.04. The molecule has 0 radical (unpaired) electrons. The molecule has 0 aliphatic heterocycles. The predicted octanol–water partition coefficient (Wildman–Crippen LogP) is 3.13. The third kappa shape index (κ3) is 3.12. The van der Waals surface area contributed by atoms with E-state index in [2.05, 4.69) is 29.1 Å². The first-order chi connectivity index (χ1) is 8.61. The van der Waals surface area contributed by atoms with E-state index in [9.17, 15) is 0 Å². The van der Waals surface area contributed by atoms with Gasteiger partial charge in [-0.05, 0) is 19.3 Å². The molecule has 0 atom stereocenters. The number of anilines is 1. The van der Waals surface area contributed by atoms with Crippen LogP contribution in [0.2, 0.25) is 0 Å². The van der Waals surface area contributed by atoms with Crippen LogP contribution in [0, 0.1) is 12.8 Å². The molecular formula is C14H23N3O. The highest BCUT2D eigenvalue weighted by Gasteiger charge is 2.21. The Bertz CT molecular complexity index is 414. The molecule has 0 amide bonds. The van der Waals surface area contributed by atoms with Crippen molar-refractivity contribution < 1.29 is 4.74 Å². The number of nitrogens with zero attached hydrogens (tertiary/aromatic N) is 2. The Morgan fingerprint density at radius 1 is 1.33 bits per heavy atom. The molecule has 1 aliphatic carbocycles. The van der Waals surface area contributed by atoms with E-state index in [0.717, 1.165) is 42.0 Å². The van der Waals surface area contributed by atoms with Gasteiger partial charge in [0.1, 0.15) is 11.6 Å². The summed E-state index contributed by atoms with van der Waals surface area (Å²) in [5.41, 5.74) is 0.998. The summed E-state index contributed by atoms with van der Waals surface area (Å²) in [4.78, 5) is 9.03. The summed E-state index contributed by atoms with van der Waals surface area (Å²) in [6.07, 6.45) is 3.88. The van der Waals surface area contributed by atoms with Gasteiger partial charge in [0, 0.05) is 13.0 Å². The van der Waals surface area contributed by atoms with Crippen molar-refractivity contribution in [2.75, 3.05) is 19.0 Å². The average Bonchev–Trinajstić information content (AvgIpc) is 3.15. The van der Waals surface area contributed by atoms with E-state index in [0.29, 0.717) is 5.92 Å². The van der Waals surface area contributed by atoms with Gasteiger partial charge >= 0.3 is 0 Å². The molecule has 4 heteroatoms. The molecule has 2 rings (SSSR count). The number of rotatable bonds is 6. The zero-order valence-electron chi connectivity index (χ0n) is 11.8. The summed E-state index contributed by atoms with van der Waals surface area (Å²) < 4.78 is 5.83. The fourth-order valence-corrected chi connectivity index (χ4v) is 1.88. The third-order valence-corrected chi connectivity index (χ3v) is 3.33. The molecule has 4 nitrogen and oxygen atoms in total. The third-order valence-electron chi connectivity index (χ3n) is 3.33. The molecule has 18 heavy (non-hydrogen) atoms. The minimum atomic E-state index is 0.309. The predicted molar refractivity (Wildman–Crippen MR) is 73.2 cm³/mol. The molecule has 1 aromatic heterocycles. The molecule has 1 aromatic rings. The molecule has 0 saturated heterocycles. The molecule has 0 spiro atoms. The number of nitrogens with one attached hydrogen (secondary N) is 1. The van der Waals surface area contributed by atoms with Crippen LogP contribution < -0.4 is 10.1 Å². The Morgan fingerprint density at radius 2 is 2.06 bits per heavy atom. The van der Waals surface area contributed by atoms with Crippen molar-refractivity contribution >= 4 is 5.82 Å². The molecule has 0 bridgehead atoms. The monoisotopic (exact) mass is 249 g/mol. The minimum absolute atomic E-state index is 0.309. The summed E-state index contributed by atoms with van der Waals surface area (Å²) in [5.74, 6) is 3.64. The minimum Gasteiger partial charge on any atom is -0.477 e. The second kappa shape index (κ2) is 5.55. The van der Waals surface area contributed by atoms with Gasteiger partial charge < -0.3 is 10.1 Å². The smallest absolute Gasteiger partial charge is 0.221 e. The van der Waals surface area contributed by atoms with Crippen LogP contribution in [0.1, 0.15) is 50.4 Å².